The van der Waals surface area contributed by atoms with Crippen molar-refractivity contribution in [3.8, 4) is 0 Å². The van der Waals surface area contributed by atoms with E-state index in [0.717, 1.165) is 24.5 Å². The lowest BCUT2D eigenvalue weighted by Crippen LogP contribution is -2.49. The minimum atomic E-state index is -0.271. The molecule has 8 heteroatoms. The number of anilines is 2. The number of carbonyl (C=O) groups excluding carboxylic acids is 1. The largest absolute Gasteiger partial charge is 0.366 e. The Labute approximate surface area is 168 Å². The standard InChI is InChI=1S/C21H21FN6O/c22-17-6-4-16(5-7-17)14-24-19-13-18(25-15-26-19)21(29)28-11-9-27(10-12-28)20-3-1-2-8-23-20/h1-8,13,15H,9-12,14H2,(H,24,25,26). The summed E-state index contributed by atoms with van der Waals surface area (Å²) in [4.78, 5) is 29.5. The molecule has 29 heavy (non-hydrogen) atoms. The van der Waals surface area contributed by atoms with Crippen LogP contribution in [-0.4, -0.2) is 51.9 Å². The van der Waals surface area contributed by atoms with Crippen LogP contribution in [0.1, 0.15) is 16.1 Å². The van der Waals surface area contributed by atoms with Gasteiger partial charge in [0.2, 0.25) is 0 Å². The molecule has 2 aromatic heterocycles. The maximum atomic E-state index is 13.0. The highest BCUT2D eigenvalue weighted by Gasteiger charge is 2.23. The van der Waals surface area contributed by atoms with Crippen LogP contribution in [0, 0.1) is 5.82 Å². The molecule has 1 aromatic carbocycles. The number of amides is 1. The second kappa shape index (κ2) is 8.64. The first-order chi connectivity index (χ1) is 14.2. The van der Waals surface area contributed by atoms with Crippen LogP contribution in [-0.2, 0) is 6.54 Å². The lowest BCUT2D eigenvalue weighted by molar-refractivity contribution is 0.0740. The van der Waals surface area contributed by atoms with Crippen LogP contribution in [0.2, 0.25) is 0 Å². The predicted molar refractivity (Wildman–Crippen MR) is 108 cm³/mol. The van der Waals surface area contributed by atoms with E-state index in [9.17, 15) is 9.18 Å². The third kappa shape index (κ3) is 4.66. The summed E-state index contributed by atoms with van der Waals surface area (Å²) in [5.41, 5.74) is 1.27. The topological polar surface area (TPSA) is 74.2 Å². The molecule has 1 amide bonds. The van der Waals surface area contributed by atoms with Gasteiger partial charge in [-0.2, -0.15) is 0 Å². The van der Waals surface area contributed by atoms with E-state index < -0.39 is 0 Å². The molecule has 0 spiro atoms. The van der Waals surface area contributed by atoms with Gasteiger partial charge in [-0.15, -0.1) is 0 Å². The van der Waals surface area contributed by atoms with Crippen molar-refractivity contribution in [1.29, 1.82) is 0 Å². The van der Waals surface area contributed by atoms with Crippen molar-refractivity contribution in [2.75, 3.05) is 36.4 Å². The van der Waals surface area contributed by atoms with Gasteiger partial charge in [0.1, 0.15) is 29.5 Å². The van der Waals surface area contributed by atoms with Gasteiger partial charge in [-0.1, -0.05) is 18.2 Å². The molecule has 0 saturated carbocycles. The van der Waals surface area contributed by atoms with Crippen molar-refractivity contribution >= 4 is 17.5 Å². The Hall–Kier alpha value is -3.55. The van der Waals surface area contributed by atoms with E-state index in [0.29, 0.717) is 31.1 Å². The quantitative estimate of drug-likeness (QED) is 0.720. The van der Waals surface area contributed by atoms with E-state index >= 15 is 0 Å². The van der Waals surface area contributed by atoms with E-state index in [1.807, 2.05) is 18.2 Å². The molecule has 1 fully saturated rings. The molecule has 0 atom stereocenters. The van der Waals surface area contributed by atoms with Crippen molar-refractivity contribution in [2.45, 2.75) is 6.54 Å². The molecule has 1 aliphatic heterocycles. The zero-order valence-electron chi connectivity index (χ0n) is 15.8. The Kier molecular flexibility index (Phi) is 5.60. The van der Waals surface area contributed by atoms with Crippen molar-refractivity contribution in [2.24, 2.45) is 0 Å². The van der Waals surface area contributed by atoms with Crippen LogP contribution in [0.4, 0.5) is 16.0 Å². The van der Waals surface area contributed by atoms with Gasteiger partial charge >= 0.3 is 0 Å². The van der Waals surface area contributed by atoms with Crippen molar-refractivity contribution in [1.82, 2.24) is 19.9 Å². The van der Waals surface area contributed by atoms with E-state index in [1.54, 1.807) is 29.3 Å². The minimum Gasteiger partial charge on any atom is -0.366 e. The number of nitrogens with zero attached hydrogens (tertiary/aromatic N) is 5. The molecule has 3 aromatic rings. The van der Waals surface area contributed by atoms with Crippen molar-refractivity contribution in [3.05, 3.63) is 78.1 Å². The molecule has 0 unspecified atom stereocenters. The smallest absolute Gasteiger partial charge is 0.272 e. The summed E-state index contributed by atoms with van der Waals surface area (Å²) in [5, 5.41) is 3.15. The first-order valence-electron chi connectivity index (χ1n) is 9.45. The molecule has 3 heterocycles. The average Bonchev–Trinajstić information content (AvgIpc) is 2.79. The molecule has 7 nitrogen and oxygen atoms in total. The van der Waals surface area contributed by atoms with Crippen LogP contribution >= 0.6 is 0 Å². The van der Waals surface area contributed by atoms with Gasteiger partial charge in [-0.3, -0.25) is 4.79 Å². The molecule has 4 rings (SSSR count). The number of piperazine rings is 1. The highest BCUT2D eigenvalue weighted by atomic mass is 19.1. The normalized spacial score (nSPS) is 14.0. The highest BCUT2D eigenvalue weighted by molar-refractivity contribution is 5.93. The predicted octanol–water partition coefficient (Wildman–Crippen LogP) is 2.59. The van der Waals surface area contributed by atoms with Crippen LogP contribution in [0.15, 0.2) is 61.1 Å². The van der Waals surface area contributed by atoms with Crippen LogP contribution in [0.5, 0.6) is 0 Å². The molecule has 0 aliphatic carbocycles. The van der Waals surface area contributed by atoms with Crippen LogP contribution in [0.3, 0.4) is 0 Å². The number of hydrogen-bond donors (Lipinski definition) is 1. The molecular weight excluding hydrogens is 371 g/mol. The maximum Gasteiger partial charge on any atom is 0.272 e. The molecule has 0 bridgehead atoms. The van der Waals surface area contributed by atoms with E-state index in [4.69, 9.17) is 0 Å². The first kappa shape index (κ1) is 18.8. The van der Waals surface area contributed by atoms with Gasteiger partial charge in [0.15, 0.2) is 0 Å². The Morgan fingerprint density at radius 3 is 2.52 bits per heavy atom. The number of carbonyl (C=O) groups is 1. The van der Waals surface area contributed by atoms with E-state index in [1.165, 1.54) is 18.5 Å². The van der Waals surface area contributed by atoms with Gasteiger partial charge in [-0.05, 0) is 29.8 Å². The van der Waals surface area contributed by atoms with Gasteiger partial charge in [0, 0.05) is 45.0 Å². The number of nitrogens with one attached hydrogen (secondary N) is 1. The molecule has 1 saturated heterocycles. The lowest BCUT2D eigenvalue weighted by atomic mass is 10.2. The van der Waals surface area contributed by atoms with Gasteiger partial charge < -0.3 is 15.1 Å². The average molecular weight is 392 g/mol. The lowest BCUT2D eigenvalue weighted by Gasteiger charge is -2.35. The second-order valence-electron chi connectivity index (χ2n) is 6.74. The van der Waals surface area contributed by atoms with Crippen LogP contribution < -0.4 is 10.2 Å². The fraction of sp³-hybridized carbons (Fsp3) is 0.238. The second-order valence-corrected chi connectivity index (χ2v) is 6.74. The summed E-state index contributed by atoms with van der Waals surface area (Å²) < 4.78 is 13.0. The van der Waals surface area contributed by atoms with Gasteiger partial charge in [0.25, 0.3) is 5.91 Å². The minimum absolute atomic E-state index is 0.113. The summed E-state index contributed by atoms with van der Waals surface area (Å²) in [6.07, 6.45) is 3.15. The summed E-state index contributed by atoms with van der Waals surface area (Å²) in [6.45, 7) is 3.15. The fourth-order valence-corrected chi connectivity index (χ4v) is 3.21. The number of halogens is 1. The summed E-state index contributed by atoms with van der Waals surface area (Å²) in [5.74, 6) is 1.10. The maximum absolute atomic E-state index is 13.0. The van der Waals surface area contributed by atoms with E-state index in [2.05, 4.69) is 25.2 Å². The number of hydrogen-bond acceptors (Lipinski definition) is 6. The molecule has 0 radical (unpaired) electrons. The molecule has 1 aliphatic rings. The summed E-state index contributed by atoms with van der Waals surface area (Å²) >= 11 is 0. The first-order valence-corrected chi connectivity index (χ1v) is 9.45. The third-order valence-electron chi connectivity index (χ3n) is 4.81. The highest BCUT2D eigenvalue weighted by Crippen LogP contribution is 2.15. The van der Waals surface area contributed by atoms with Crippen molar-refractivity contribution in [3.63, 3.8) is 0 Å². The van der Waals surface area contributed by atoms with E-state index in [-0.39, 0.29) is 11.7 Å². The fourth-order valence-electron chi connectivity index (χ4n) is 3.21. The number of benzene rings is 1. The zero-order chi connectivity index (χ0) is 20.1. The summed E-state index contributed by atoms with van der Waals surface area (Å²) in [7, 11) is 0. The monoisotopic (exact) mass is 392 g/mol. The van der Waals surface area contributed by atoms with Gasteiger partial charge in [-0.25, -0.2) is 19.3 Å². The van der Waals surface area contributed by atoms with Crippen molar-refractivity contribution < 1.29 is 9.18 Å². The number of aromatic nitrogens is 3. The number of rotatable bonds is 5. The number of pyridine rings is 1. The third-order valence-corrected chi connectivity index (χ3v) is 4.81. The molecule has 148 valence electrons. The molecule has 1 N–H and O–H groups in total. The molecular formula is C21H21FN6O. The Morgan fingerprint density at radius 2 is 1.79 bits per heavy atom. The van der Waals surface area contributed by atoms with Crippen LogP contribution in [0.25, 0.3) is 0 Å². The Morgan fingerprint density at radius 1 is 1.00 bits per heavy atom. The summed E-state index contributed by atoms with van der Waals surface area (Å²) in [6, 6.07) is 13.7. The van der Waals surface area contributed by atoms with Gasteiger partial charge in [0.05, 0.1) is 0 Å². The SMILES string of the molecule is O=C(c1cc(NCc2ccc(F)cc2)ncn1)N1CCN(c2ccccn2)CC1. The zero-order valence-corrected chi connectivity index (χ0v) is 15.8. The Bertz CT molecular complexity index is 958. The Balaban J connectivity index is 1.35.